The first-order chi connectivity index (χ1) is 16.9. The van der Waals surface area contributed by atoms with Gasteiger partial charge in [-0.2, -0.15) is 5.10 Å². The van der Waals surface area contributed by atoms with Gasteiger partial charge in [-0.25, -0.2) is 9.97 Å². The minimum atomic E-state index is -0.0934. The van der Waals surface area contributed by atoms with E-state index in [0.717, 1.165) is 48.4 Å². The van der Waals surface area contributed by atoms with Crippen molar-refractivity contribution < 1.29 is 4.87 Å². The number of likely N-dealkylation sites (tertiary alicyclic amines) is 1. The van der Waals surface area contributed by atoms with Crippen molar-refractivity contribution in [2.24, 2.45) is 7.05 Å². The van der Waals surface area contributed by atoms with Crippen LogP contribution in [0, 0.1) is 11.8 Å². The smallest absolute Gasteiger partial charge is 0.243 e. The lowest BCUT2D eigenvalue weighted by atomic mass is 9.86. The topological polar surface area (TPSA) is 82.2 Å². The van der Waals surface area contributed by atoms with Crippen molar-refractivity contribution in [2.45, 2.75) is 57.8 Å². The SMILES string of the molecule is Cc1cn(C)nc1CNc1ncc2c(n1)CN([N+](=O)[C@H]1CCN(C)C[C@@H]1c1ccccc1)[C@H](C)C2. The maximum absolute atomic E-state index is 13.9. The zero-order chi connectivity index (χ0) is 24.5. The van der Waals surface area contributed by atoms with Crippen LogP contribution in [0.1, 0.15) is 47.3 Å². The first kappa shape index (κ1) is 23.4. The molecule has 1 aromatic carbocycles. The summed E-state index contributed by atoms with van der Waals surface area (Å²) in [5, 5.41) is 9.76. The lowest BCUT2D eigenvalue weighted by molar-refractivity contribution is -0.749. The highest BCUT2D eigenvalue weighted by atomic mass is 16.3. The van der Waals surface area contributed by atoms with E-state index in [1.165, 1.54) is 10.4 Å². The van der Waals surface area contributed by atoms with Crippen LogP contribution < -0.4 is 5.32 Å². The highest BCUT2D eigenvalue weighted by Crippen LogP contribution is 2.32. The number of hydrogen-bond donors (Lipinski definition) is 1. The zero-order valence-electron chi connectivity index (χ0n) is 21.1. The van der Waals surface area contributed by atoms with Crippen molar-refractivity contribution >= 4 is 5.95 Å². The first-order valence-corrected chi connectivity index (χ1v) is 12.4. The largest absolute Gasteiger partial charge is 0.348 e. The molecule has 2 aliphatic heterocycles. The Bertz CT molecular complexity index is 1190. The molecule has 0 spiro atoms. The van der Waals surface area contributed by atoms with Gasteiger partial charge in [0.2, 0.25) is 12.0 Å². The molecule has 0 saturated carbocycles. The van der Waals surface area contributed by atoms with Crippen LogP contribution in [0.5, 0.6) is 0 Å². The zero-order valence-corrected chi connectivity index (χ0v) is 21.1. The van der Waals surface area contributed by atoms with Crippen LogP contribution in [-0.2, 0) is 26.6 Å². The van der Waals surface area contributed by atoms with Gasteiger partial charge in [0.1, 0.15) is 11.4 Å². The quantitative estimate of drug-likeness (QED) is 0.549. The van der Waals surface area contributed by atoms with E-state index in [9.17, 15) is 4.91 Å². The minimum absolute atomic E-state index is 0.0923. The summed E-state index contributed by atoms with van der Waals surface area (Å²) in [6.45, 7) is 7.04. The fourth-order valence-corrected chi connectivity index (χ4v) is 5.41. The van der Waals surface area contributed by atoms with E-state index in [0.29, 0.717) is 19.0 Å². The van der Waals surface area contributed by atoms with Gasteiger partial charge < -0.3 is 10.2 Å². The van der Waals surface area contributed by atoms with Gasteiger partial charge >= 0.3 is 0 Å². The lowest BCUT2D eigenvalue weighted by Crippen LogP contribution is -2.53. The number of likely N-dealkylation sites (N-methyl/N-ethyl adjacent to an activating group) is 1. The molecular weight excluding hydrogens is 440 g/mol. The fraction of sp³-hybridized carbons (Fsp3) is 0.500. The van der Waals surface area contributed by atoms with Crippen LogP contribution in [0.2, 0.25) is 0 Å². The predicted molar refractivity (Wildman–Crippen MR) is 135 cm³/mol. The number of hydrogen-bond acceptors (Lipinski definition) is 6. The lowest BCUT2D eigenvalue weighted by Gasteiger charge is -2.36. The summed E-state index contributed by atoms with van der Waals surface area (Å²) in [6.07, 6.45) is 5.51. The van der Waals surface area contributed by atoms with Crippen LogP contribution in [0.3, 0.4) is 0 Å². The minimum Gasteiger partial charge on any atom is -0.348 e. The van der Waals surface area contributed by atoms with Gasteiger partial charge in [0.05, 0.1) is 34.8 Å². The molecule has 184 valence electrons. The van der Waals surface area contributed by atoms with Crippen molar-refractivity contribution in [1.29, 1.82) is 0 Å². The molecule has 0 bridgehead atoms. The number of nitrogens with one attached hydrogen (secondary N) is 1. The first-order valence-electron chi connectivity index (χ1n) is 12.4. The van der Waals surface area contributed by atoms with Gasteiger partial charge in [0.25, 0.3) is 0 Å². The number of aryl methyl sites for hydroxylation is 2. The Morgan fingerprint density at radius 1 is 1.20 bits per heavy atom. The monoisotopic (exact) mass is 475 g/mol. The Morgan fingerprint density at radius 2 is 2.00 bits per heavy atom. The van der Waals surface area contributed by atoms with Crippen molar-refractivity contribution in [3.05, 3.63) is 75.7 Å². The van der Waals surface area contributed by atoms with Crippen molar-refractivity contribution in [2.75, 3.05) is 25.5 Å². The molecule has 1 saturated heterocycles. The molecule has 4 heterocycles. The van der Waals surface area contributed by atoms with Crippen LogP contribution in [0.15, 0.2) is 42.7 Å². The molecule has 3 atom stereocenters. The van der Waals surface area contributed by atoms with E-state index < -0.39 is 0 Å². The van der Waals surface area contributed by atoms with Crippen molar-refractivity contribution in [1.82, 2.24) is 29.7 Å². The van der Waals surface area contributed by atoms with Crippen LogP contribution in [0.25, 0.3) is 0 Å². The summed E-state index contributed by atoms with van der Waals surface area (Å²) in [6, 6.07) is 10.5. The van der Waals surface area contributed by atoms with Gasteiger partial charge in [0.15, 0.2) is 0 Å². The van der Waals surface area contributed by atoms with E-state index in [1.807, 2.05) is 42.1 Å². The summed E-state index contributed by atoms with van der Waals surface area (Å²) in [5.41, 5.74) is 5.37. The highest BCUT2D eigenvalue weighted by Gasteiger charge is 2.45. The molecule has 2 aromatic heterocycles. The molecule has 9 nitrogen and oxygen atoms in total. The van der Waals surface area contributed by atoms with E-state index in [1.54, 1.807) is 0 Å². The number of piperidine rings is 1. The summed E-state index contributed by atoms with van der Waals surface area (Å²) in [7, 11) is 4.06. The molecule has 1 fully saturated rings. The van der Waals surface area contributed by atoms with Gasteiger partial charge in [-0.15, -0.1) is 5.01 Å². The van der Waals surface area contributed by atoms with Crippen LogP contribution >= 0.6 is 0 Å². The number of aromatic nitrogens is 4. The molecule has 0 aliphatic carbocycles. The second kappa shape index (κ2) is 9.73. The third-order valence-corrected chi connectivity index (χ3v) is 7.36. The Kier molecular flexibility index (Phi) is 6.51. The standard InChI is InChI=1S/C26H35N8O/c1-18-15-32(4)30-23(18)14-28-26-27-13-21-12-19(2)33(17-24(21)29-26)34(35)25-10-11-31(3)16-22(25)20-8-6-5-7-9-20/h5-9,13,15,19,22,25H,10-12,14,16-17H2,1-4H3,(H,27,28,29)/q+1/t19-,22-,25+/m1/s1. The molecule has 3 aromatic rings. The maximum atomic E-state index is 13.9. The number of nitroso groups, excluding NO2 is 1. The van der Waals surface area contributed by atoms with Crippen LogP contribution in [-0.4, -0.2) is 66.7 Å². The van der Waals surface area contributed by atoms with E-state index in [-0.39, 0.29) is 18.0 Å². The van der Waals surface area contributed by atoms with Gasteiger partial charge in [-0.05, 0) is 37.6 Å². The van der Waals surface area contributed by atoms with E-state index >= 15 is 0 Å². The van der Waals surface area contributed by atoms with Crippen LogP contribution in [0.4, 0.5) is 5.95 Å². The summed E-state index contributed by atoms with van der Waals surface area (Å²) in [5.74, 6) is 0.743. The Labute approximate surface area is 206 Å². The number of hydrazine groups is 1. The van der Waals surface area contributed by atoms with Gasteiger partial charge in [0, 0.05) is 45.4 Å². The molecule has 9 heteroatoms. The summed E-state index contributed by atoms with van der Waals surface area (Å²) in [4.78, 5) is 26.8. The fourth-order valence-electron chi connectivity index (χ4n) is 5.41. The third kappa shape index (κ3) is 4.91. The predicted octanol–water partition coefficient (Wildman–Crippen LogP) is 3.06. The third-order valence-electron chi connectivity index (χ3n) is 7.36. The van der Waals surface area contributed by atoms with E-state index in [2.05, 4.69) is 58.5 Å². The molecule has 1 N–H and O–H groups in total. The Balaban J connectivity index is 1.33. The number of fused-ring (bicyclic) bond motifs is 1. The summed E-state index contributed by atoms with van der Waals surface area (Å²) < 4.78 is 1.81. The second-order valence-corrected chi connectivity index (χ2v) is 10.0. The summed E-state index contributed by atoms with van der Waals surface area (Å²) >= 11 is 0. The van der Waals surface area contributed by atoms with E-state index in [4.69, 9.17) is 4.98 Å². The molecule has 5 rings (SSSR count). The highest BCUT2D eigenvalue weighted by molar-refractivity contribution is 5.32. The Hall–Kier alpha value is -3.33. The molecule has 0 radical (unpaired) electrons. The number of benzene rings is 1. The number of rotatable bonds is 6. The van der Waals surface area contributed by atoms with Gasteiger partial charge in [-0.1, -0.05) is 30.3 Å². The molecule has 2 aliphatic rings. The Morgan fingerprint density at radius 3 is 2.74 bits per heavy atom. The molecule has 0 unspecified atom stereocenters. The van der Waals surface area contributed by atoms with Crippen molar-refractivity contribution in [3.63, 3.8) is 0 Å². The average molecular weight is 476 g/mol. The van der Waals surface area contributed by atoms with Crippen molar-refractivity contribution in [3.8, 4) is 0 Å². The van der Waals surface area contributed by atoms with Gasteiger partial charge in [-0.3, -0.25) is 4.68 Å². The normalized spacial score (nSPS) is 22.6. The number of nitrogens with zero attached hydrogens (tertiary/aromatic N) is 7. The molecule has 35 heavy (non-hydrogen) atoms. The number of anilines is 1. The average Bonchev–Trinajstić information content (AvgIpc) is 3.19. The second-order valence-electron chi connectivity index (χ2n) is 10.0. The maximum Gasteiger partial charge on any atom is 0.243 e. The molecular formula is C26H35N8O+. The molecule has 0 amide bonds.